The lowest BCUT2D eigenvalue weighted by Crippen LogP contribution is -2.07. The highest BCUT2D eigenvalue weighted by atomic mass is 32.2. The van der Waals surface area contributed by atoms with Gasteiger partial charge >= 0.3 is 5.97 Å². The van der Waals surface area contributed by atoms with Crippen LogP contribution in [0.25, 0.3) is 0 Å². The Hall–Kier alpha value is -1.10. The molecule has 1 aromatic carbocycles. The molecule has 0 unspecified atom stereocenters. The highest BCUT2D eigenvalue weighted by Crippen LogP contribution is 2.28. The largest absolute Gasteiger partial charge is 0.462 e. The molecular weight excluding hydrogens is 246 g/mol. The number of esters is 1. The standard InChI is InChI=1S/C12H14F2O2S/c1-2-3-8-16-11(15)9-6-4-5-7-10(9)17-12(13)14/h4-7,12H,2-3,8H2,1H3. The summed E-state index contributed by atoms with van der Waals surface area (Å²) in [6, 6.07) is 6.24. The number of carbonyl (C=O) groups excluding carboxylic acids is 1. The molecule has 0 aliphatic rings. The molecule has 17 heavy (non-hydrogen) atoms. The third kappa shape index (κ3) is 4.73. The zero-order valence-electron chi connectivity index (χ0n) is 9.49. The number of alkyl halides is 2. The first kappa shape index (κ1) is 14.0. The minimum atomic E-state index is -2.54. The van der Waals surface area contributed by atoms with E-state index in [2.05, 4.69) is 0 Å². The number of hydrogen-bond donors (Lipinski definition) is 0. The van der Waals surface area contributed by atoms with Gasteiger partial charge in [-0.15, -0.1) is 0 Å². The molecule has 0 saturated heterocycles. The molecule has 5 heteroatoms. The summed E-state index contributed by atoms with van der Waals surface area (Å²) in [5.74, 6) is -3.08. The van der Waals surface area contributed by atoms with Crippen molar-refractivity contribution in [1.82, 2.24) is 0 Å². The summed E-state index contributed by atoms with van der Waals surface area (Å²) in [4.78, 5) is 11.9. The van der Waals surface area contributed by atoms with Gasteiger partial charge < -0.3 is 4.74 Å². The summed E-state index contributed by atoms with van der Waals surface area (Å²) in [6.07, 6.45) is 1.69. The van der Waals surface area contributed by atoms with E-state index in [9.17, 15) is 13.6 Å². The Morgan fingerprint density at radius 1 is 1.41 bits per heavy atom. The number of carbonyl (C=O) groups is 1. The Balaban J connectivity index is 2.71. The second kappa shape index (κ2) is 7.27. The summed E-state index contributed by atoms with van der Waals surface area (Å²) >= 11 is 0.358. The third-order valence-corrected chi connectivity index (χ3v) is 2.84. The predicted octanol–water partition coefficient (Wildman–Crippen LogP) is 3.96. The van der Waals surface area contributed by atoms with Crippen LogP contribution in [0.4, 0.5) is 8.78 Å². The smallest absolute Gasteiger partial charge is 0.339 e. The van der Waals surface area contributed by atoms with Crippen LogP contribution in [0.3, 0.4) is 0 Å². The van der Waals surface area contributed by atoms with E-state index >= 15 is 0 Å². The molecule has 0 spiro atoms. The van der Waals surface area contributed by atoms with Crippen molar-refractivity contribution >= 4 is 17.7 Å². The van der Waals surface area contributed by atoms with E-state index in [1.165, 1.54) is 12.1 Å². The molecule has 0 atom stereocenters. The van der Waals surface area contributed by atoms with Crippen LogP contribution in [-0.4, -0.2) is 18.3 Å². The normalized spacial score (nSPS) is 10.6. The van der Waals surface area contributed by atoms with Crippen molar-refractivity contribution in [2.75, 3.05) is 6.61 Å². The minimum absolute atomic E-state index is 0.203. The van der Waals surface area contributed by atoms with Crippen molar-refractivity contribution in [2.24, 2.45) is 0 Å². The van der Waals surface area contributed by atoms with Crippen LogP contribution in [-0.2, 0) is 4.74 Å². The van der Waals surface area contributed by atoms with E-state index in [1.807, 2.05) is 6.92 Å². The molecule has 0 heterocycles. The van der Waals surface area contributed by atoms with Gasteiger partial charge in [0.2, 0.25) is 0 Å². The monoisotopic (exact) mass is 260 g/mol. The number of rotatable bonds is 6. The maximum atomic E-state index is 12.3. The van der Waals surface area contributed by atoms with Crippen LogP contribution < -0.4 is 0 Å². The predicted molar refractivity (Wildman–Crippen MR) is 63.5 cm³/mol. The van der Waals surface area contributed by atoms with Crippen molar-refractivity contribution in [2.45, 2.75) is 30.4 Å². The zero-order chi connectivity index (χ0) is 12.7. The first-order valence-electron chi connectivity index (χ1n) is 5.36. The fourth-order valence-corrected chi connectivity index (χ4v) is 1.85. The summed E-state index contributed by atoms with van der Waals surface area (Å²) in [5, 5.41) is 0. The van der Waals surface area contributed by atoms with Gasteiger partial charge in [-0.05, 0) is 18.6 Å². The van der Waals surface area contributed by atoms with E-state index < -0.39 is 11.7 Å². The van der Waals surface area contributed by atoms with Gasteiger partial charge in [0, 0.05) is 4.90 Å². The highest BCUT2D eigenvalue weighted by Gasteiger charge is 2.15. The molecule has 0 amide bonds. The second-order valence-electron chi connectivity index (χ2n) is 3.36. The Morgan fingerprint density at radius 2 is 2.12 bits per heavy atom. The minimum Gasteiger partial charge on any atom is -0.462 e. The van der Waals surface area contributed by atoms with E-state index in [-0.39, 0.29) is 10.5 Å². The summed E-state index contributed by atoms with van der Waals surface area (Å²) in [6.45, 7) is 2.30. The van der Waals surface area contributed by atoms with Crippen LogP contribution in [0.1, 0.15) is 30.1 Å². The van der Waals surface area contributed by atoms with Gasteiger partial charge in [-0.1, -0.05) is 37.2 Å². The lowest BCUT2D eigenvalue weighted by molar-refractivity contribution is 0.0495. The first-order chi connectivity index (χ1) is 8.15. The Morgan fingerprint density at radius 3 is 2.76 bits per heavy atom. The van der Waals surface area contributed by atoms with Crippen molar-refractivity contribution < 1.29 is 18.3 Å². The zero-order valence-corrected chi connectivity index (χ0v) is 10.3. The van der Waals surface area contributed by atoms with E-state index in [0.29, 0.717) is 18.4 Å². The molecule has 0 aromatic heterocycles. The van der Waals surface area contributed by atoms with Gasteiger partial charge in [0.15, 0.2) is 0 Å². The summed E-state index contributed by atoms with van der Waals surface area (Å²) in [7, 11) is 0. The van der Waals surface area contributed by atoms with Crippen LogP contribution in [0.5, 0.6) is 0 Å². The molecule has 1 aromatic rings. The van der Waals surface area contributed by atoms with Gasteiger partial charge in [-0.2, -0.15) is 8.78 Å². The average molecular weight is 260 g/mol. The van der Waals surface area contributed by atoms with Gasteiger partial charge in [0.1, 0.15) is 0 Å². The Kier molecular flexibility index (Phi) is 5.97. The van der Waals surface area contributed by atoms with Crippen LogP contribution in [0.15, 0.2) is 29.2 Å². The van der Waals surface area contributed by atoms with Gasteiger partial charge in [-0.25, -0.2) is 4.79 Å². The number of thioether (sulfide) groups is 1. The maximum absolute atomic E-state index is 12.3. The molecular formula is C12H14F2O2S. The van der Waals surface area contributed by atoms with Crippen LogP contribution in [0.2, 0.25) is 0 Å². The maximum Gasteiger partial charge on any atom is 0.339 e. The molecule has 0 bridgehead atoms. The lowest BCUT2D eigenvalue weighted by Gasteiger charge is -2.08. The van der Waals surface area contributed by atoms with Crippen molar-refractivity contribution in [3.8, 4) is 0 Å². The molecule has 94 valence electrons. The second-order valence-corrected chi connectivity index (χ2v) is 4.40. The molecule has 0 radical (unpaired) electrons. The number of hydrogen-bond acceptors (Lipinski definition) is 3. The van der Waals surface area contributed by atoms with Crippen molar-refractivity contribution in [3.63, 3.8) is 0 Å². The fraction of sp³-hybridized carbons (Fsp3) is 0.417. The van der Waals surface area contributed by atoms with Crippen molar-refractivity contribution in [3.05, 3.63) is 29.8 Å². The SMILES string of the molecule is CCCCOC(=O)c1ccccc1SC(F)F. The first-order valence-corrected chi connectivity index (χ1v) is 6.24. The number of halogens is 2. The summed E-state index contributed by atoms with van der Waals surface area (Å²) < 4.78 is 29.6. The van der Waals surface area contributed by atoms with E-state index in [0.717, 1.165) is 12.8 Å². The van der Waals surface area contributed by atoms with Gasteiger partial charge in [-0.3, -0.25) is 0 Å². The van der Waals surface area contributed by atoms with E-state index in [4.69, 9.17) is 4.74 Å². The average Bonchev–Trinajstić information content (AvgIpc) is 2.29. The third-order valence-electron chi connectivity index (χ3n) is 2.05. The van der Waals surface area contributed by atoms with Gasteiger partial charge in [0.05, 0.1) is 12.2 Å². The molecule has 0 fully saturated rings. The number of benzene rings is 1. The molecule has 2 nitrogen and oxygen atoms in total. The molecule has 0 aliphatic heterocycles. The molecule has 0 aliphatic carbocycles. The molecule has 0 N–H and O–H groups in total. The summed E-state index contributed by atoms with van der Waals surface area (Å²) in [5.41, 5.74) is 0.203. The van der Waals surface area contributed by atoms with Gasteiger partial charge in [0.25, 0.3) is 5.76 Å². The quantitative estimate of drug-likeness (QED) is 0.440. The lowest BCUT2D eigenvalue weighted by atomic mass is 10.2. The highest BCUT2D eigenvalue weighted by molar-refractivity contribution is 7.99. The fourth-order valence-electron chi connectivity index (χ4n) is 1.22. The van der Waals surface area contributed by atoms with Crippen LogP contribution in [0, 0.1) is 0 Å². The Labute approximate surface area is 103 Å². The number of ether oxygens (including phenoxy) is 1. The molecule has 0 saturated carbocycles. The Bertz CT molecular complexity index is 369. The number of unbranched alkanes of at least 4 members (excludes halogenated alkanes) is 1. The van der Waals surface area contributed by atoms with Crippen LogP contribution >= 0.6 is 11.8 Å². The molecule has 1 rings (SSSR count). The topological polar surface area (TPSA) is 26.3 Å². The van der Waals surface area contributed by atoms with Crippen molar-refractivity contribution in [1.29, 1.82) is 0 Å². The van der Waals surface area contributed by atoms with E-state index in [1.54, 1.807) is 12.1 Å².